The number of hydrogen-bond acceptors (Lipinski definition) is 9. The summed E-state index contributed by atoms with van der Waals surface area (Å²) in [7, 11) is 0. The molecule has 2 aliphatic carbocycles. The monoisotopic (exact) mass is 609 g/mol. The summed E-state index contributed by atoms with van der Waals surface area (Å²) in [5.74, 6) is 1.07. The standard InChI is InChI=1S/C33H44ClN5O4/c1-3-42-31(40)33(11-12-33)43-20-23(2)38-25-9-7-24(8-10-25)17-26-18-27(28(34)19-36-26)29-5-4-6-30(39-29)37-22-32(21-35)13-15-41-16-14-32/h4-6,18-19,23-25,38H,3,7-17,20,22H2,1-2H3,(H,37,39)/t23-,24?,25?/m1/s1. The summed E-state index contributed by atoms with van der Waals surface area (Å²) >= 11 is 6.60. The molecular formula is C33H44ClN5O4. The first-order chi connectivity index (χ1) is 20.8. The van der Waals surface area contributed by atoms with Gasteiger partial charge in [0.25, 0.3) is 0 Å². The molecule has 0 amide bonds. The van der Waals surface area contributed by atoms with Crippen molar-refractivity contribution in [2.24, 2.45) is 11.3 Å². The molecule has 0 bridgehead atoms. The van der Waals surface area contributed by atoms with Gasteiger partial charge in [-0.1, -0.05) is 17.7 Å². The van der Waals surface area contributed by atoms with E-state index >= 15 is 0 Å². The lowest BCUT2D eigenvalue weighted by atomic mass is 9.82. The smallest absolute Gasteiger partial charge is 0.338 e. The van der Waals surface area contributed by atoms with Crippen LogP contribution in [0.15, 0.2) is 30.5 Å². The summed E-state index contributed by atoms with van der Waals surface area (Å²) in [6.07, 6.45) is 10.0. The minimum absolute atomic E-state index is 0.175. The fourth-order valence-corrected chi connectivity index (χ4v) is 6.37. The maximum atomic E-state index is 12.2. The van der Waals surface area contributed by atoms with Crippen LogP contribution >= 0.6 is 11.6 Å². The first-order valence-electron chi connectivity index (χ1n) is 15.8. The Morgan fingerprint density at radius 1 is 1.21 bits per heavy atom. The Balaban J connectivity index is 1.11. The van der Waals surface area contributed by atoms with E-state index in [1.165, 1.54) is 0 Å². The second-order valence-electron chi connectivity index (χ2n) is 12.4. The van der Waals surface area contributed by atoms with Gasteiger partial charge in [-0.15, -0.1) is 0 Å². The van der Waals surface area contributed by atoms with Crippen molar-refractivity contribution in [1.82, 2.24) is 15.3 Å². The van der Waals surface area contributed by atoms with Gasteiger partial charge in [-0.05, 0) is 95.8 Å². The van der Waals surface area contributed by atoms with E-state index in [1.54, 1.807) is 6.20 Å². The lowest BCUT2D eigenvalue weighted by molar-refractivity contribution is -0.160. The average Bonchev–Trinajstić information content (AvgIpc) is 3.83. The quantitative estimate of drug-likeness (QED) is 0.275. The van der Waals surface area contributed by atoms with Crippen molar-refractivity contribution in [2.75, 3.05) is 38.3 Å². The summed E-state index contributed by atoms with van der Waals surface area (Å²) in [5, 5.41) is 17.4. The summed E-state index contributed by atoms with van der Waals surface area (Å²) < 4.78 is 16.6. The zero-order valence-corrected chi connectivity index (χ0v) is 26.1. The molecule has 3 fully saturated rings. The van der Waals surface area contributed by atoms with E-state index in [1.807, 2.05) is 25.1 Å². The van der Waals surface area contributed by atoms with E-state index in [0.29, 0.717) is 50.0 Å². The van der Waals surface area contributed by atoms with E-state index in [9.17, 15) is 10.1 Å². The number of rotatable bonds is 13. The lowest BCUT2D eigenvalue weighted by Gasteiger charge is -2.31. The van der Waals surface area contributed by atoms with Gasteiger partial charge in [0.15, 0.2) is 5.60 Å². The number of ether oxygens (including phenoxy) is 3. The Labute approximate surface area is 260 Å². The van der Waals surface area contributed by atoms with Crippen molar-refractivity contribution in [2.45, 2.75) is 89.3 Å². The third kappa shape index (κ3) is 8.24. The van der Waals surface area contributed by atoms with Gasteiger partial charge in [-0.3, -0.25) is 4.98 Å². The maximum Gasteiger partial charge on any atom is 0.338 e. The van der Waals surface area contributed by atoms with Crippen LogP contribution in [-0.4, -0.2) is 66.6 Å². The topological polar surface area (TPSA) is 118 Å². The molecule has 1 atom stereocenters. The molecule has 0 aromatic carbocycles. The maximum absolute atomic E-state index is 12.2. The zero-order valence-electron chi connectivity index (χ0n) is 25.4. The van der Waals surface area contributed by atoms with Crippen LogP contribution in [0.4, 0.5) is 5.82 Å². The van der Waals surface area contributed by atoms with Gasteiger partial charge in [-0.25, -0.2) is 9.78 Å². The predicted octanol–water partition coefficient (Wildman–Crippen LogP) is 5.72. The van der Waals surface area contributed by atoms with E-state index in [4.69, 9.17) is 30.8 Å². The second kappa shape index (κ2) is 14.3. The molecule has 1 aliphatic heterocycles. The molecule has 0 unspecified atom stereocenters. The average molecular weight is 610 g/mol. The van der Waals surface area contributed by atoms with E-state index < -0.39 is 11.0 Å². The Kier molecular flexibility index (Phi) is 10.6. The molecule has 232 valence electrons. The minimum Gasteiger partial charge on any atom is -0.464 e. The van der Waals surface area contributed by atoms with E-state index in [0.717, 1.165) is 80.6 Å². The molecule has 5 rings (SSSR count). The molecule has 2 saturated carbocycles. The summed E-state index contributed by atoms with van der Waals surface area (Å²) in [4.78, 5) is 21.6. The number of pyridine rings is 2. The fraction of sp³-hybridized carbons (Fsp3) is 0.636. The van der Waals surface area contributed by atoms with Crippen LogP contribution in [0.1, 0.15) is 70.9 Å². The largest absolute Gasteiger partial charge is 0.464 e. The number of anilines is 1. The molecule has 43 heavy (non-hydrogen) atoms. The van der Waals surface area contributed by atoms with Gasteiger partial charge in [0.2, 0.25) is 0 Å². The van der Waals surface area contributed by atoms with Gasteiger partial charge in [0, 0.05) is 49.3 Å². The molecule has 2 N–H and O–H groups in total. The Morgan fingerprint density at radius 3 is 2.67 bits per heavy atom. The van der Waals surface area contributed by atoms with Gasteiger partial charge < -0.3 is 24.8 Å². The van der Waals surface area contributed by atoms with Crippen LogP contribution in [-0.2, 0) is 25.4 Å². The van der Waals surface area contributed by atoms with Crippen LogP contribution < -0.4 is 10.6 Å². The van der Waals surface area contributed by atoms with Crippen LogP contribution in [0.2, 0.25) is 5.02 Å². The Bertz CT molecular complexity index is 1280. The molecule has 3 heterocycles. The van der Waals surface area contributed by atoms with E-state index in [2.05, 4.69) is 34.7 Å². The van der Waals surface area contributed by atoms with Crippen LogP contribution in [0.5, 0.6) is 0 Å². The van der Waals surface area contributed by atoms with Crippen molar-refractivity contribution >= 4 is 23.4 Å². The van der Waals surface area contributed by atoms with Crippen molar-refractivity contribution in [1.29, 1.82) is 5.26 Å². The fourth-order valence-electron chi connectivity index (χ4n) is 6.17. The normalized spacial score (nSPS) is 23.1. The number of halogens is 1. The third-order valence-corrected chi connectivity index (χ3v) is 9.36. The van der Waals surface area contributed by atoms with Crippen LogP contribution in [0, 0.1) is 22.7 Å². The number of hydrogen-bond donors (Lipinski definition) is 2. The van der Waals surface area contributed by atoms with Gasteiger partial charge in [-0.2, -0.15) is 5.26 Å². The molecule has 9 nitrogen and oxygen atoms in total. The highest BCUT2D eigenvalue weighted by molar-refractivity contribution is 6.33. The molecule has 0 spiro atoms. The SMILES string of the molecule is CCOC(=O)C1(OC[C@@H](C)NC2CCC(Cc3cc(-c4cccc(NCC5(C#N)CCOCC5)n4)c(Cl)cn3)CC2)CC1. The zero-order chi connectivity index (χ0) is 30.3. The number of carbonyl (C=O) groups is 1. The Morgan fingerprint density at radius 2 is 1.98 bits per heavy atom. The molecule has 1 saturated heterocycles. The number of aromatic nitrogens is 2. The number of nitriles is 1. The summed E-state index contributed by atoms with van der Waals surface area (Å²) in [6, 6.07) is 11.0. The van der Waals surface area contributed by atoms with Crippen molar-refractivity contribution < 1.29 is 19.0 Å². The summed E-state index contributed by atoms with van der Waals surface area (Å²) in [6.45, 7) is 6.61. The van der Waals surface area contributed by atoms with Crippen LogP contribution in [0.3, 0.4) is 0 Å². The molecular weight excluding hydrogens is 566 g/mol. The predicted molar refractivity (Wildman–Crippen MR) is 166 cm³/mol. The minimum atomic E-state index is -0.702. The highest BCUT2D eigenvalue weighted by Crippen LogP contribution is 2.41. The van der Waals surface area contributed by atoms with Crippen molar-refractivity contribution in [3.8, 4) is 17.3 Å². The third-order valence-electron chi connectivity index (χ3n) is 9.06. The first-order valence-corrected chi connectivity index (χ1v) is 16.1. The van der Waals surface area contributed by atoms with Crippen molar-refractivity contribution in [3.63, 3.8) is 0 Å². The second-order valence-corrected chi connectivity index (χ2v) is 12.8. The first kappa shape index (κ1) is 31.6. The number of esters is 1. The van der Waals surface area contributed by atoms with Gasteiger partial charge in [0.05, 0.1) is 35.4 Å². The number of nitrogens with one attached hydrogen (secondary N) is 2. The molecule has 2 aromatic rings. The van der Waals surface area contributed by atoms with Crippen LogP contribution in [0.25, 0.3) is 11.3 Å². The van der Waals surface area contributed by atoms with Gasteiger partial charge in [0.1, 0.15) is 5.82 Å². The molecule has 10 heteroatoms. The Hall–Kier alpha value is -2.77. The molecule has 3 aliphatic rings. The van der Waals surface area contributed by atoms with Crippen molar-refractivity contribution in [3.05, 3.63) is 41.2 Å². The van der Waals surface area contributed by atoms with Gasteiger partial charge >= 0.3 is 5.97 Å². The van der Waals surface area contributed by atoms with E-state index in [-0.39, 0.29) is 12.0 Å². The summed E-state index contributed by atoms with van der Waals surface area (Å²) in [5.41, 5.74) is 1.55. The lowest BCUT2D eigenvalue weighted by Crippen LogP contribution is -2.43. The number of nitrogens with zero attached hydrogens (tertiary/aromatic N) is 3. The molecule has 2 aromatic heterocycles. The molecule has 0 radical (unpaired) electrons. The highest BCUT2D eigenvalue weighted by Gasteiger charge is 2.53. The number of carbonyl (C=O) groups excluding carboxylic acids is 1. The highest BCUT2D eigenvalue weighted by atomic mass is 35.5.